The van der Waals surface area contributed by atoms with Crippen LogP contribution in [0, 0.1) is 0 Å². The first-order valence-electron chi connectivity index (χ1n) is 14.5. The summed E-state index contributed by atoms with van der Waals surface area (Å²) in [5.74, 6) is 0. The molecule has 0 aliphatic rings. The molecule has 0 aliphatic heterocycles. The fourth-order valence-corrected chi connectivity index (χ4v) is 4.32. The van der Waals surface area contributed by atoms with E-state index >= 15 is 0 Å². The summed E-state index contributed by atoms with van der Waals surface area (Å²) in [5.41, 5.74) is 0. The minimum Gasteiger partial charge on any atom is -1.00 e. The molecule has 1 N–H and O–H groups in total. The molecule has 0 amide bonds. The van der Waals surface area contributed by atoms with Crippen LogP contribution in [-0.4, -0.2) is 42.9 Å². The molecule has 0 rings (SSSR count). The topological polar surface area (TPSA) is 20.2 Å². The molecule has 0 aliphatic carbocycles. The highest BCUT2D eigenvalue weighted by molar-refractivity contribution is 4.51. The highest BCUT2D eigenvalue weighted by Crippen LogP contribution is 2.16. The molecule has 0 fully saturated rings. The van der Waals surface area contributed by atoms with E-state index in [1.54, 1.807) is 0 Å². The highest BCUT2D eigenvalue weighted by atomic mass is 35.5. The van der Waals surface area contributed by atoms with Crippen molar-refractivity contribution in [1.82, 2.24) is 0 Å². The van der Waals surface area contributed by atoms with Gasteiger partial charge >= 0.3 is 0 Å². The Labute approximate surface area is 211 Å². The number of aliphatic hydroxyl groups excluding tert-OH is 1. The Kier molecular flexibility index (Phi) is 35.9. The zero-order valence-electron chi connectivity index (χ0n) is 23.2. The van der Waals surface area contributed by atoms with Gasteiger partial charge in [-0.3, -0.25) is 0 Å². The zero-order chi connectivity index (χ0) is 23.5. The van der Waals surface area contributed by atoms with Gasteiger partial charge < -0.3 is 22.0 Å². The summed E-state index contributed by atoms with van der Waals surface area (Å²) in [6.07, 6.45) is 27.9. The molecule has 32 heavy (non-hydrogen) atoms. The van der Waals surface area contributed by atoms with Gasteiger partial charge in [-0.25, -0.2) is 0 Å². The minimum absolute atomic E-state index is 0. The third kappa shape index (κ3) is 30.2. The van der Waals surface area contributed by atoms with Crippen LogP contribution in [-0.2, 0) is 0 Å². The first-order chi connectivity index (χ1) is 15.1. The lowest BCUT2D eigenvalue weighted by molar-refractivity contribution is -0.910. The Hall–Kier alpha value is 0.210. The lowest BCUT2D eigenvalue weighted by Crippen LogP contribution is -3.00. The van der Waals surface area contributed by atoms with Crippen LogP contribution in [0.1, 0.15) is 156 Å². The van der Waals surface area contributed by atoms with Crippen LogP contribution >= 0.6 is 0 Å². The third-order valence-electron chi connectivity index (χ3n) is 6.67. The van der Waals surface area contributed by atoms with Crippen LogP contribution < -0.4 is 12.4 Å². The molecule has 2 nitrogen and oxygen atoms in total. The van der Waals surface area contributed by atoms with E-state index in [1.807, 2.05) is 0 Å². The monoisotopic (exact) mass is 477 g/mol. The summed E-state index contributed by atoms with van der Waals surface area (Å²) in [6.45, 7) is 13.6. The van der Waals surface area contributed by atoms with Crippen molar-refractivity contribution in [2.75, 3.05) is 33.3 Å². The van der Waals surface area contributed by atoms with Crippen molar-refractivity contribution in [3.63, 3.8) is 0 Å². The molecule has 0 aromatic carbocycles. The molecule has 0 spiro atoms. The lowest BCUT2D eigenvalue weighted by atomic mass is 10.1. The number of hydrogen-bond acceptors (Lipinski definition) is 1. The van der Waals surface area contributed by atoms with Crippen molar-refractivity contribution in [3.05, 3.63) is 0 Å². The molecule has 0 saturated heterocycles. The average molecular weight is 478 g/mol. The van der Waals surface area contributed by atoms with Gasteiger partial charge in [-0.15, -0.1) is 0 Å². The van der Waals surface area contributed by atoms with Crippen LogP contribution in [0.3, 0.4) is 0 Å². The van der Waals surface area contributed by atoms with Gasteiger partial charge in [0, 0.05) is 6.61 Å². The lowest BCUT2D eigenvalue weighted by Gasteiger charge is -2.35. The SMILES string of the molecule is CCCCCCCC[N+](C)(CCCCCCCC)CCCCCCCC.CCCCO.[Cl-]. The van der Waals surface area contributed by atoms with E-state index in [4.69, 9.17) is 5.11 Å². The van der Waals surface area contributed by atoms with E-state index in [9.17, 15) is 0 Å². The van der Waals surface area contributed by atoms with E-state index < -0.39 is 0 Å². The second-order valence-corrected chi connectivity index (χ2v) is 10.2. The highest BCUT2D eigenvalue weighted by Gasteiger charge is 2.20. The third-order valence-corrected chi connectivity index (χ3v) is 6.67. The molecule has 198 valence electrons. The van der Waals surface area contributed by atoms with Gasteiger partial charge in [0.1, 0.15) is 0 Å². The number of hydrogen-bond donors (Lipinski definition) is 1. The molecule has 0 aromatic rings. The summed E-state index contributed by atoms with van der Waals surface area (Å²) >= 11 is 0. The Morgan fingerprint density at radius 3 is 0.875 bits per heavy atom. The molecular formula is C29H64ClNO. The molecule has 0 atom stereocenters. The Bertz CT molecular complexity index is 269. The maximum atomic E-state index is 8.07. The quantitative estimate of drug-likeness (QED) is 0.135. The Morgan fingerprint density at radius 1 is 0.406 bits per heavy atom. The van der Waals surface area contributed by atoms with Gasteiger partial charge in [0.15, 0.2) is 0 Å². The van der Waals surface area contributed by atoms with Crippen molar-refractivity contribution in [2.24, 2.45) is 0 Å². The maximum Gasteiger partial charge on any atom is 0.0784 e. The molecular weight excluding hydrogens is 414 g/mol. The summed E-state index contributed by atoms with van der Waals surface area (Å²) in [7, 11) is 2.56. The molecule has 0 heterocycles. The number of nitrogens with zero attached hydrogens (tertiary/aromatic N) is 1. The van der Waals surface area contributed by atoms with Crippen molar-refractivity contribution in [3.8, 4) is 0 Å². The van der Waals surface area contributed by atoms with Crippen LogP contribution in [0.5, 0.6) is 0 Å². The predicted molar refractivity (Wildman–Crippen MR) is 143 cm³/mol. The van der Waals surface area contributed by atoms with Crippen molar-refractivity contribution in [1.29, 1.82) is 0 Å². The number of aliphatic hydroxyl groups is 1. The van der Waals surface area contributed by atoms with Gasteiger partial charge in [-0.2, -0.15) is 0 Å². The minimum atomic E-state index is 0. The normalized spacial score (nSPS) is 11.1. The van der Waals surface area contributed by atoms with E-state index in [2.05, 4.69) is 34.7 Å². The second-order valence-electron chi connectivity index (χ2n) is 10.2. The largest absolute Gasteiger partial charge is 1.00 e. The van der Waals surface area contributed by atoms with Crippen LogP contribution in [0.15, 0.2) is 0 Å². The molecule has 0 bridgehead atoms. The summed E-state index contributed by atoms with van der Waals surface area (Å²) in [6, 6.07) is 0. The number of quaternary nitrogens is 1. The molecule has 0 saturated carbocycles. The van der Waals surface area contributed by atoms with E-state index in [0.29, 0.717) is 6.61 Å². The molecule has 3 heteroatoms. The number of unbranched alkanes of at least 4 members (excludes halogenated alkanes) is 16. The van der Waals surface area contributed by atoms with Crippen molar-refractivity contribution < 1.29 is 22.0 Å². The smallest absolute Gasteiger partial charge is 0.0784 e. The first kappa shape index (κ1) is 36.8. The molecule has 0 unspecified atom stereocenters. The van der Waals surface area contributed by atoms with Gasteiger partial charge in [-0.1, -0.05) is 111 Å². The summed E-state index contributed by atoms with van der Waals surface area (Å²) in [5, 5.41) is 8.07. The average Bonchev–Trinajstić information content (AvgIpc) is 2.77. The van der Waals surface area contributed by atoms with Gasteiger partial charge in [0.25, 0.3) is 0 Å². The van der Waals surface area contributed by atoms with Gasteiger partial charge in [0.05, 0.1) is 26.7 Å². The second kappa shape index (κ2) is 31.2. The van der Waals surface area contributed by atoms with Crippen molar-refractivity contribution in [2.45, 2.75) is 156 Å². The fraction of sp³-hybridized carbons (Fsp3) is 1.00. The van der Waals surface area contributed by atoms with E-state index in [0.717, 1.165) is 12.8 Å². The van der Waals surface area contributed by atoms with Crippen LogP contribution in [0.4, 0.5) is 0 Å². The van der Waals surface area contributed by atoms with Crippen LogP contribution in [0.2, 0.25) is 0 Å². The Morgan fingerprint density at radius 2 is 0.656 bits per heavy atom. The van der Waals surface area contributed by atoms with E-state index in [1.165, 1.54) is 140 Å². The first-order valence-corrected chi connectivity index (χ1v) is 14.5. The number of rotatable bonds is 23. The predicted octanol–water partition coefficient (Wildman–Crippen LogP) is 6.30. The molecule has 0 radical (unpaired) electrons. The maximum absolute atomic E-state index is 8.07. The number of halogens is 1. The van der Waals surface area contributed by atoms with Crippen molar-refractivity contribution >= 4 is 0 Å². The van der Waals surface area contributed by atoms with E-state index in [-0.39, 0.29) is 12.4 Å². The summed E-state index contributed by atoms with van der Waals surface area (Å²) in [4.78, 5) is 0. The van der Waals surface area contributed by atoms with Crippen LogP contribution in [0.25, 0.3) is 0 Å². The Balaban J connectivity index is -0.00000125. The zero-order valence-corrected chi connectivity index (χ0v) is 24.0. The molecule has 0 aromatic heterocycles. The summed E-state index contributed by atoms with van der Waals surface area (Å²) < 4.78 is 1.36. The van der Waals surface area contributed by atoms with Gasteiger partial charge in [-0.05, 0) is 44.9 Å². The van der Waals surface area contributed by atoms with Gasteiger partial charge in [0.2, 0.25) is 0 Å². The standard InChI is InChI=1S/C25H54N.C4H10O.ClH/c1-5-8-11-14-17-20-23-26(4,24-21-18-15-12-9-6-2)25-22-19-16-13-10-7-3;1-2-3-4-5;/h5-25H2,1-4H3;5H,2-4H2,1H3;1H/q+1;;/p-1. The fourth-order valence-electron chi connectivity index (χ4n) is 4.32.